The van der Waals surface area contributed by atoms with E-state index in [0.717, 1.165) is 25.9 Å². The average molecular weight is 258 g/mol. The number of aryl methyl sites for hydroxylation is 1. The summed E-state index contributed by atoms with van der Waals surface area (Å²) in [4.78, 5) is 2.29. The topological polar surface area (TPSA) is 54.2 Å². The lowest BCUT2D eigenvalue weighted by Gasteiger charge is -2.22. The highest BCUT2D eigenvalue weighted by Crippen LogP contribution is 2.28. The number of nitrogens with zero attached hydrogens (tertiary/aromatic N) is 3. The number of rotatable bonds is 3. The number of hydrogen-bond acceptors (Lipinski definition) is 5. The minimum atomic E-state index is 0.672. The first-order chi connectivity index (χ1) is 9.36. The fourth-order valence-corrected chi connectivity index (χ4v) is 2.33. The molecule has 0 saturated heterocycles. The predicted molar refractivity (Wildman–Crippen MR) is 74.3 cm³/mol. The highest BCUT2D eigenvalue weighted by Gasteiger charge is 2.17. The Labute approximate surface area is 112 Å². The Bertz CT molecular complexity index is 552. The molecule has 2 heterocycles. The highest BCUT2D eigenvalue weighted by atomic mass is 16.4. The van der Waals surface area contributed by atoms with Gasteiger partial charge in [-0.1, -0.05) is 19.1 Å². The maximum atomic E-state index is 5.61. The number of anilines is 2. The van der Waals surface area contributed by atoms with Crippen molar-refractivity contribution in [1.29, 1.82) is 0 Å². The maximum absolute atomic E-state index is 5.61. The Hall–Kier alpha value is -2.04. The number of fused-ring (bicyclic) bond motifs is 1. The minimum absolute atomic E-state index is 0.672. The number of aromatic nitrogens is 2. The van der Waals surface area contributed by atoms with Gasteiger partial charge in [0, 0.05) is 19.5 Å². The van der Waals surface area contributed by atoms with Gasteiger partial charge in [-0.2, -0.15) is 0 Å². The molecule has 0 atom stereocenters. The summed E-state index contributed by atoms with van der Waals surface area (Å²) in [7, 11) is 0. The summed E-state index contributed by atoms with van der Waals surface area (Å²) in [5, 5.41) is 11.6. The van der Waals surface area contributed by atoms with Crippen LogP contribution in [0.1, 0.15) is 25.1 Å². The van der Waals surface area contributed by atoms with Crippen molar-refractivity contribution >= 4 is 11.4 Å². The van der Waals surface area contributed by atoms with Crippen LogP contribution in [0.15, 0.2) is 28.7 Å². The molecular weight excluding hydrogens is 240 g/mol. The van der Waals surface area contributed by atoms with Gasteiger partial charge in [-0.15, -0.1) is 10.2 Å². The molecule has 2 aromatic rings. The highest BCUT2D eigenvalue weighted by molar-refractivity contribution is 5.70. The van der Waals surface area contributed by atoms with E-state index in [1.54, 1.807) is 0 Å². The summed E-state index contributed by atoms with van der Waals surface area (Å²) in [6.45, 7) is 4.68. The molecule has 1 aromatic heterocycles. The van der Waals surface area contributed by atoms with Crippen molar-refractivity contribution in [2.24, 2.45) is 0 Å². The zero-order chi connectivity index (χ0) is 13.1. The van der Waals surface area contributed by atoms with Gasteiger partial charge in [0.25, 0.3) is 0 Å². The summed E-state index contributed by atoms with van der Waals surface area (Å²) in [6.07, 6.45) is 1.88. The van der Waals surface area contributed by atoms with Crippen LogP contribution in [0, 0.1) is 0 Å². The van der Waals surface area contributed by atoms with Crippen molar-refractivity contribution in [2.75, 3.05) is 23.3 Å². The van der Waals surface area contributed by atoms with Gasteiger partial charge in [0.1, 0.15) is 0 Å². The largest absolute Gasteiger partial charge is 0.423 e. The van der Waals surface area contributed by atoms with Crippen LogP contribution in [0.4, 0.5) is 11.4 Å². The summed E-state index contributed by atoms with van der Waals surface area (Å²) >= 11 is 0. The monoisotopic (exact) mass is 258 g/mol. The van der Waals surface area contributed by atoms with Gasteiger partial charge >= 0.3 is 0 Å². The average Bonchev–Trinajstić information content (AvgIpc) is 2.80. The van der Waals surface area contributed by atoms with Crippen molar-refractivity contribution in [3.8, 4) is 0 Å². The van der Waals surface area contributed by atoms with Crippen LogP contribution in [0.5, 0.6) is 0 Å². The molecular formula is C14H18N4O. The molecule has 5 heteroatoms. The van der Waals surface area contributed by atoms with Gasteiger partial charge < -0.3 is 14.6 Å². The second kappa shape index (κ2) is 5.30. The Morgan fingerprint density at radius 3 is 2.95 bits per heavy atom. The van der Waals surface area contributed by atoms with Crippen LogP contribution in [-0.2, 0) is 13.0 Å². The third-order valence-corrected chi connectivity index (χ3v) is 3.30. The molecule has 0 unspecified atom stereocenters. The molecule has 0 fully saturated rings. The molecule has 0 spiro atoms. The summed E-state index contributed by atoms with van der Waals surface area (Å²) in [5.74, 6) is 1.39. The zero-order valence-corrected chi connectivity index (χ0v) is 11.1. The fraction of sp³-hybridized carbons (Fsp3) is 0.429. The van der Waals surface area contributed by atoms with Crippen LogP contribution >= 0.6 is 0 Å². The molecule has 5 nitrogen and oxygen atoms in total. The second-order valence-electron chi connectivity index (χ2n) is 4.66. The van der Waals surface area contributed by atoms with Gasteiger partial charge in [-0.25, -0.2) is 0 Å². The second-order valence-corrected chi connectivity index (χ2v) is 4.66. The Kier molecular flexibility index (Phi) is 3.35. The lowest BCUT2D eigenvalue weighted by molar-refractivity contribution is 0.449. The van der Waals surface area contributed by atoms with E-state index in [1.165, 1.54) is 11.4 Å². The van der Waals surface area contributed by atoms with Crippen LogP contribution in [0.25, 0.3) is 0 Å². The zero-order valence-electron chi connectivity index (χ0n) is 11.1. The molecule has 0 radical (unpaired) electrons. The van der Waals surface area contributed by atoms with E-state index in [9.17, 15) is 0 Å². The molecule has 100 valence electrons. The van der Waals surface area contributed by atoms with Crippen molar-refractivity contribution in [2.45, 2.75) is 26.3 Å². The Morgan fingerprint density at radius 2 is 2.11 bits per heavy atom. The molecule has 1 N–H and O–H groups in total. The predicted octanol–water partition coefficient (Wildman–Crippen LogP) is 2.45. The van der Waals surface area contributed by atoms with Crippen molar-refractivity contribution in [1.82, 2.24) is 10.2 Å². The van der Waals surface area contributed by atoms with Gasteiger partial charge in [-0.3, -0.25) is 0 Å². The minimum Gasteiger partial charge on any atom is -0.423 e. The van der Waals surface area contributed by atoms with Gasteiger partial charge in [0.2, 0.25) is 11.8 Å². The molecule has 1 aromatic carbocycles. The van der Waals surface area contributed by atoms with E-state index in [0.29, 0.717) is 18.3 Å². The quantitative estimate of drug-likeness (QED) is 0.916. The number of benzene rings is 1. The van der Waals surface area contributed by atoms with Gasteiger partial charge in [0.05, 0.1) is 17.9 Å². The first-order valence-electron chi connectivity index (χ1n) is 6.76. The van der Waals surface area contributed by atoms with Crippen LogP contribution in [-0.4, -0.2) is 23.3 Å². The van der Waals surface area contributed by atoms with E-state index < -0.39 is 0 Å². The molecule has 3 rings (SSSR count). The smallest absolute Gasteiger partial charge is 0.235 e. The van der Waals surface area contributed by atoms with Crippen molar-refractivity contribution in [3.05, 3.63) is 36.0 Å². The number of nitrogens with one attached hydrogen (secondary N) is 1. The number of hydrogen-bond donors (Lipinski definition) is 1. The first-order valence-corrected chi connectivity index (χ1v) is 6.76. The van der Waals surface area contributed by atoms with Gasteiger partial charge in [-0.05, 0) is 18.6 Å². The van der Waals surface area contributed by atoms with Crippen molar-refractivity contribution in [3.63, 3.8) is 0 Å². The molecule has 0 amide bonds. The summed E-state index contributed by atoms with van der Waals surface area (Å²) < 4.78 is 5.61. The Balaban J connectivity index is 1.83. The van der Waals surface area contributed by atoms with Crippen LogP contribution in [0.3, 0.4) is 0 Å². The summed E-state index contributed by atoms with van der Waals surface area (Å²) in [6, 6.07) is 8.35. The van der Waals surface area contributed by atoms with E-state index >= 15 is 0 Å². The van der Waals surface area contributed by atoms with Gasteiger partial charge in [0.15, 0.2) is 0 Å². The summed E-state index contributed by atoms with van der Waals surface area (Å²) in [5.41, 5.74) is 2.38. The third kappa shape index (κ3) is 2.54. The molecule has 0 saturated carbocycles. The third-order valence-electron chi connectivity index (χ3n) is 3.30. The number of para-hydroxylation sites is 2. The normalized spacial score (nSPS) is 14.7. The lowest BCUT2D eigenvalue weighted by Crippen LogP contribution is -2.23. The lowest BCUT2D eigenvalue weighted by atomic mass is 10.2. The standard InChI is InChI=1S/C14H18N4O/c1-2-13-16-17-14(19-13)10-18-9-5-8-15-11-6-3-4-7-12(11)18/h3-4,6-7,15H,2,5,8-10H2,1H3. The molecule has 0 aliphatic carbocycles. The van der Waals surface area contributed by atoms with E-state index in [-0.39, 0.29) is 0 Å². The maximum Gasteiger partial charge on any atom is 0.235 e. The van der Waals surface area contributed by atoms with Crippen LogP contribution < -0.4 is 10.2 Å². The molecule has 1 aliphatic rings. The first kappa shape index (κ1) is 12.0. The fourth-order valence-electron chi connectivity index (χ4n) is 2.33. The van der Waals surface area contributed by atoms with E-state index in [1.807, 2.05) is 6.92 Å². The van der Waals surface area contributed by atoms with Crippen molar-refractivity contribution < 1.29 is 4.42 Å². The van der Waals surface area contributed by atoms with E-state index in [2.05, 4.69) is 44.7 Å². The molecule has 19 heavy (non-hydrogen) atoms. The van der Waals surface area contributed by atoms with Crippen LogP contribution in [0.2, 0.25) is 0 Å². The Morgan fingerprint density at radius 1 is 1.26 bits per heavy atom. The molecule has 0 bridgehead atoms. The molecule has 1 aliphatic heterocycles. The SMILES string of the molecule is CCc1nnc(CN2CCCNc3ccccc32)o1. The van der Waals surface area contributed by atoms with E-state index in [4.69, 9.17) is 4.42 Å².